The minimum absolute atomic E-state index is 0.0434. The molecule has 1 aromatic rings. The number of anilines is 1. The molecule has 1 unspecified atom stereocenters. The molecule has 2 rings (SSSR count). The van der Waals surface area contributed by atoms with Gasteiger partial charge in [-0.25, -0.2) is 0 Å². The Bertz CT molecular complexity index is 390. The summed E-state index contributed by atoms with van der Waals surface area (Å²) in [6.45, 7) is 6.50. The monoisotopic (exact) mass is 252 g/mol. The van der Waals surface area contributed by atoms with Crippen molar-refractivity contribution in [3.63, 3.8) is 0 Å². The van der Waals surface area contributed by atoms with E-state index in [4.69, 9.17) is 17.3 Å². The van der Waals surface area contributed by atoms with Crippen molar-refractivity contribution in [2.45, 2.75) is 32.7 Å². The standard InChI is InChI=1S/C14H21ClN2/c1-10-4-3-7-17(9-10)14-6-5-12(11(2)16)8-13(14)15/h5-6,8,10-11H,3-4,7,9,16H2,1-2H3/t10?,11-/m1/s1. The zero-order chi connectivity index (χ0) is 12.4. The van der Waals surface area contributed by atoms with E-state index in [9.17, 15) is 0 Å². The molecule has 3 heteroatoms. The third kappa shape index (κ3) is 2.93. The molecule has 0 bridgehead atoms. The minimum atomic E-state index is 0.0434. The Morgan fingerprint density at radius 1 is 1.47 bits per heavy atom. The fourth-order valence-electron chi connectivity index (χ4n) is 2.47. The molecule has 2 nitrogen and oxygen atoms in total. The van der Waals surface area contributed by atoms with Gasteiger partial charge in [0, 0.05) is 19.1 Å². The van der Waals surface area contributed by atoms with Crippen molar-refractivity contribution in [2.24, 2.45) is 11.7 Å². The highest BCUT2D eigenvalue weighted by atomic mass is 35.5. The maximum atomic E-state index is 6.36. The smallest absolute Gasteiger partial charge is 0.0642 e. The van der Waals surface area contributed by atoms with Gasteiger partial charge in [0.2, 0.25) is 0 Å². The summed E-state index contributed by atoms with van der Waals surface area (Å²) in [6, 6.07) is 6.24. The molecule has 0 amide bonds. The Morgan fingerprint density at radius 3 is 2.82 bits per heavy atom. The predicted octanol–water partition coefficient (Wildman–Crippen LogP) is 3.60. The van der Waals surface area contributed by atoms with Gasteiger partial charge in [-0.1, -0.05) is 24.6 Å². The topological polar surface area (TPSA) is 29.3 Å². The van der Waals surface area contributed by atoms with E-state index in [1.54, 1.807) is 0 Å². The van der Waals surface area contributed by atoms with Crippen LogP contribution in [0.3, 0.4) is 0 Å². The summed E-state index contributed by atoms with van der Waals surface area (Å²) in [7, 11) is 0. The van der Waals surface area contributed by atoms with Crippen LogP contribution >= 0.6 is 11.6 Å². The van der Waals surface area contributed by atoms with Crippen LogP contribution in [-0.4, -0.2) is 13.1 Å². The third-order valence-electron chi connectivity index (χ3n) is 3.50. The van der Waals surface area contributed by atoms with Gasteiger partial charge >= 0.3 is 0 Å². The normalized spacial score (nSPS) is 22.6. The van der Waals surface area contributed by atoms with Gasteiger partial charge in [-0.05, 0) is 43.4 Å². The van der Waals surface area contributed by atoms with Crippen LogP contribution in [0, 0.1) is 5.92 Å². The van der Waals surface area contributed by atoms with E-state index in [0.29, 0.717) is 0 Å². The molecule has 0 radical (unpaired) electrons. The number of hydrogen-bond acceptors (Lipinski definition) is 2. The van der Waals surface area contributed by atoms with Gasteiger partial charge in [0.05, 0.1) is 10.7 Å². The van der Waals surface area contributed by atoms with Crippen molar-refractivity contribution in [3.8, 4) is 0 Å². The summed E-state index contributed by atoms with van der Waals surface area (Å²) in [6.07, 6.45) is 2.58. The van der Waals surface area contributed by atoms with Gasteiger partial charge < -0.3 is 10.6 Å². The lowest BCUT2D eigenvalue weighted by molar-refractivity contribution is 0.447. The van der Waals surface area contributed by atoms with Gasteiger partial charge in [0.15, 0.2) is 0 Å². The molecule has 17 heavy (non-hydrogen) atoms. The first-order chi connectivity index (χ1) is 8.08. The van der Waals surface area contributed by atoms with E-state index in [1.165, 1.54) is 12.8 Å². The highest BCUT2D eigenvalue weighted by Gasteiger charge is 2.18. The highest BCUT2D eigenvalue weighted by Crippen LogP contribution is 2.31. The van der Waals surface area contributed by atoms with Gasteiger partial charge in [-0.15, -0.1) is 0 Å². The second-order valence-corrected chi connectivity index (χ2v) is 5.60. The SMILES string of the molecule is CC1CCCN(c2ccc([C@@H](C)N)cc2Cl)C1. The Hall–Kier alpha value is -0.730. The van der Waals surface area contributed by atoms with Crippen molar-refractivity contribution in [1.82, 2.24) is 0 Å². The first-order valence-electron chi connectivity index (χ1n) is 6.38. The Labute approximate surface area is 109 Å². The van der Waals surface area contributed by atoms with Crippen LogP contribution < -0.4 is 10.6 Å². The van der Waals surface area contributed by atoms with Crippen molar-refractivity contribution < 1.29 is 0 Å². The zero-order valence-corrected chi connectivity index (χ0v) is 11.4. The molecule has 1 saturated heterocycles. The van der Waals surface area contributed by atoms with E-state index in [2.05, 4.69) is 24.0 Å². The second kappa shape index (κ2) is 5.28. The molecule has 1 aliphatic heterocycles. The van der Waals surface area contributed by atoms with Crippen molar-refractivity contribution in [1.29, 1.82) is 0 Å². The summed E-state index contributed by atoms with van der Waals surface area (Å²) in [5, 5.41) is 0.828. The lowest BCUT2D eigenvalue weighted by Gasteiger charge is -2.33. The molecule has 0 aromatic heterocycles. The van der Waals surface area contributed by atoms with E-state index >= 15 is 0 Å². The molecule has 0 saturated carbocycles. The van der Waals surface area contributed by atoms with Crippen molar-refractivity contribution in [2.75, 3.05) is 18.0 Å². The number of nitrogens with zero attached hydrogens (tertiary/aromatic N) is 1. The highest BCUT2D eigenvalue weighted by molar-refractivity contribution is 6.33. The molecular formula is C14H21ClN2. The number of piperidine rings is 1. The summed E-state index contributed by atoms with van der Waals surface area (Å²) < 4.78 is 0. The van der Waals surface area contributed by atoms with Crippen LogP contribution in [0.25, 0.3) is 0 Å². The average molecular weight is 253 g/mol. The first kappa shape index (κ1) is 12.7. The van der Waals surface area contributed by atoms with Gasteiger partial charge in [-0.2, -0.15) is 0 Å². The molecule has 2 atom stereocenters. The summed E-state index contributed by atoms with van der Waals surface area (Å²) in [4.78, 5) is 2.39. The van der Waals surface area contributed by atoms with Crippen LogP contribution in [-0.2, 0) is 0 Å². The molecule has 1 heterocycles. The van der Waals surface area contributed by atoms with Crippen molar-refractivity contribution in [3.05, 3.63) is 28.8 Å². The molecule has 0 aliphatic carbocycles. The Kier molecular flexibility index (Phi) is 3.95. The largest absolute Gasteiger partial charge is 0.370 e. The van der Waals surface area contributed by atoms with E-state index in [1.807, 2.05) is 13.0 Å². The van der Waals surface area contributed by atoms with Gasteiger partial charge in [-0.3, -0.25) is 0 Å². The Balaban J connectivity index is 2.21. The number of halogens is 1. The molecular weight excluding hydrogens is 232 g/mol. The predicted molar refractivity (Wildman–Crippen MR) is 74.7 cm³/mol. The van der Waals surface area contributed by atoms with E-state index in [0.717, 1.165) is 35.3 Å². The zero-order valence-electron chi connectivity index (χ0n) is 10.6. The summed E-state index contributed by atoms with van der Waals surface area (Å²) >= 11 is 6.36. The molecule has 94 valence electrons. The minimum Gasteiger partial charge on any atom is -0.370 e. The maximum absolute atomic E-state index is 6.36. The quantitative estimate of drug-likeness (QED) is 0.872. The van der Waals surface area contributed by atoms with Crippen LogP contribution in [0.1, 0.15) is 38.3 Å². The number of hydrogen-bond donors (Lipinski definition) is 1. The third-order valence-corrected chi connectivity index (χ3v) is 3.80. The summed E-state index contributed by atoms with van der Waals surface area (Å²) in [5.74, 6) is 0.757. The lowest BCUT2D eigenvalue weighted by atomic mass is 9.99. The fraction of sp³-hybridized carbons (Fsp3) is 0.571. The summed E-state index contributed by atoms with van der Waals surface area (Å²) in [5.41, 5.74) is 8.12. The van der Waals surface area contributed by atoms with Crippen LogP contribution in [0.15, 0.2) is 18.2 Å². The molecule has 0 spiro atoms. The average Bonchev–Trinajstić information content (AvgIpc) is 2.28. The molecule has 1 aromatic carbocycles. The van der Waals surface area contributed by atoms with E-state index in [-0.39, 0.29) is 6.04 Å². The van der Waals surface area contributed by atoms with Crippen LogP contribution in [0.2, 0.25) is 5.02 Å². The fourth-order valence-corrected chi connectivity index (χ4v) is 2.78. The molecule has 1 fully saturated rings. The van der Waals surface area contributed by atoms with Crippen molar-refractivity contribution >= 4 is 17.3 Å². The van der Waals surface area contributed by atoms with E-state index < -0.39 is 0 Å². The Morgan fingerprint density at radius 2 is 2.24 bits per heavy atom. The number of benzene rings is 1. The maximum Gasteiger partial charge on any atom is 0.0642 e. The second-order valence-electron chi connectivity index (χ2n) is 5.19. The van der Waals surface area contributed by atoms with Crippen LogP contribution in [0.5, 0.6) is 0 Å². The van der Waals surface area contributed by atoms with Gasteiger partial charge in [0.25, 0.3) is 0 Å². The van der Waals surface area contributed by atoms with Gasteiger partial charge in [0.1, 0.15) is 0 Å². The molecule has 2 N–H and O–H groups in total. The first-order valence-corrected chi connectivity index (χ1v) is 6.75. The number of nitrogens with two attached hydrogens (primary N) is 1. The molecule has 1 aliphatic rings. The lowest BCUT2D eigenvalue weighted by Crippen LogP contribution is -2.34. The van der Waals surface area contributed by atoms with Crippen LogP contribution in [0.4, 0.5) is 5.69 Å². The number of rotatable bonds is 2.